The predicted molar refractivity (Wildman–Crippen MR) is 74.6 cm³/mol. The fourth-order valence-corrected chi connectivity index (χ4v) is 4.25. The van der Waals surface area contributed by atoms with Crippen LogP contribution in [0.4, 0.5) is 0 Å². The maximum absolute atomic E-state index is 12.1. The molecule has 0 radical (unpaired) electrons. The highest BCUT2D eigenvalue weighted by atomic mass is 32.2. The monoisotopic (exact) mass is 305 g/mol. The van der Waals surface area contributed by atoms with Crippen molar-refractivity contribution in [2.45, 2.75) is 24.3 Å². The lowest BCUT2D eigenvalue weighted by Crippen LogP contribution is -2.29. The molecule has 1 saturated heterocycles. The first-order chi connectivity index (χ1) is 9.12. The number of aryl methyl sites for hydroxylation is 1. The smallest absolute Gasteiger partial charge is 0.243 e. The van der Waals surface area contributed by atoms with E-state index in [1.807, 2.05) is 11.8 Å². The molecule has 2 N–H and O–H groups in total. The van der Waals surface area contributed by atoms with Crippen LogP contribution in [0.5, 0.6) is 0 Å². The molecule has 2 rings (SSSR count). The van der Waals surface area contributed by atoms with Crippen LogP contribution in [0, 0.1) is 5.92 Å². The maximum Gasteiger partial charge on any atom is 0.243 e. The van der Waals surface area contributed by atoms with E-state index in [9.17, 15) is 8.42 Å². The average molecular weight is 305 g/mol. The van der Waals surface area contributed by atoms with Crippen molar-refractivity contribution >= 4 is 21.8 Å². The Morgan fingerprint density at radius 2 is 2.42 bits per heavy atom. The first-order valence-electron chi connectivity index (χ1n) is 6.32. The Labute approximate surface area is 117 Å². The molecular weight excluding hydrogens is 286 g/mol. The number of rotatable bonds is 7. The van der Waals surface area contributed by atoms with Crippen molar-refractivity contribution < 1.29 is 13.5 Å². The molecular formula is C11H19N3O3S2. The van der Waals surface area contributed by atoms with Gasteiger partial charge in [0, 0.05) is 25.9 Å². The average Bonchev–Trinajstić information content (AvgIpc) is 3.05. The molecule has 0 saturated carbocycles. The second-order valence-corrected chi connectivity index (χ2v) is 7.51. The summed E-state index contributed by atoms with van der Waals surface area (Å²) in [5.41, 5.74) is 0. The highest BCUT2D eigenvalue weighted by molar-refractivity contribution is 7.99. The van der Waals surface area contributed by atoms with Crippen LogP contribution in [0.2, 0.25) is 0 Å². The number of aliphatic hydroxyl groups excluding tert-OH is 1. The summed E-state index contributed by atoms with van der Waals surface area (Å²) in [5.74, 6) is 2.58. The zero-order valence-electron chi connectivity index (χ0n) is 10.7. The first kappa shape index (κ1) is 14.8. The van der Waals surface area contributed by atoms with E-state index in [-0.39, 0.29) is 11.5 Å². The summed E-state index contributed by atoms with van der Waals surface area (Å²) < 4.78 is 28.3. The minimum atomic E-state index is -3.46. The van der Waals surface area contributed by atoms with Crippen LogP contribution in [0.15, 0.2) is 17.3 Å². The Hall–Kier alpha value is -0.570. The summed E-state index contributed by atoms with van der Waals surface area (Å²) in [6, 6.07) is 0. The zero-order chi connectivity index (χ0) is 13.7. The normalized spacial score (nSPS) is 19.9. The van der Waals surface area contributed by atoms with Gasteiger partial charge in [-0.05, 0) is 30.3 Å². The summed E-state index contributed by atoms with van der Waals surface area (Å²) in [6.45, 7) is 1.09. The van der Waals surface area contributed by atoms with Crippen molar-refractivity contribution in [1.29, 1.82) is 0 Å². The Kier molecular flexibility index (Phi) is 5.26. The molecule has 1 aliphatic heterocycles. The third kappa shape index (κ3) is 4.20. The highest BCUT2D eigenvalue weighted by Gasteiger charge is 2.21. The van der Waals surface area contributed by atoms with Crippen molar-refractivity contribution in [3.63, 3.8) is 0 Å². The van der Waals surface area contributed by atoms with Gasteiger partial charge in [-0.15, -0.1) is 0 Å². The lowest BCUT2D eigenvalue weighted by Gasteiger charge is -2.09. The van der Waals surface area contributed by atoms with Crippen LogP contribution in [0.3, 0.4) is 0 Å². The summed E-state index contributed by atoms with van der Waals surface area (Å²) in [6.07, 6.45) is 4.49. The minimum Gasteiger partial charge on any atom is -0.396 e. The molecule has 8 heteroatoms. The molecule has 1 fully saturated rings. The molecule has 1 unspecified atom stereocenters. The van der Waals surface area contributed by atoms with Gasteiger partial charge in [-0.1, -0.05) is 0 Å². The van der Waals surface area contributed by atoms with Gasteiger partial charge in [0.1, 0.15) is 4.90 Å². The van der Waals surface area contributed by atoms with E-state index in [1.165, 1.54) is 17.1 Å². The maximum atomic E-state index is 12.1. The molecule has 1 aliphatic rings. The van der Waals surface area contributed by atoms with E-state index in [1.54, 1.807) is 0 Å². The molecule has 0 spiro atoms. The zero-order valence-corrected chi connectivity index (χ0v) is 12.3. The lowest BCUT2D eigenvalue weighted by molar-refractivity contribution is 0.277. The van der Waals surface area contributed by atoms with Gasteiger partial charge in [0.15, 0.2) is 0 Å². The molecule has 108 valence electrons. The van der Waals surface area contributed by atoms with E-state index < -0.39 is 10.0 Å². The lowest BCUT2D eigenvalue weighted by atomic mass is 10.1. The Morgan fingerprint density at radius 1 is 1.58 bits per heavy atom. The van der Waals surface area contributed by atoms with Gasteiger partial charge in [0.25, 0.3) is 0 Å². The number of aromatic nitrogens is 2. The SMILES string of the molecule is O=S(=O)(NCC1CCSC1)c1cnn(CCCO)c1. The fraction of sp³-hybridized carbons (Fsp3) is 0.727. The van der Waals surface area contributed by atoms with Crippen molar-refractivity contribution in [3.05, 3.63) is 12.4 Å². The number of hydrogen-bond donors (Lipinski definition) is 2. The summed E-state index contributed by atoms with van der Waals surface area (Å²) in [5, 5.41) is 12.7. The Balaban J connectivity index is 1.92. The molecule has 0 aliphatic carbocycles. The first-order valence-corrected chi connectivity index (χ1v) is 8.96. The second-order valence-electron chi connectivity index (χ2n) is 4.60. The number of nitrogens with zero attached hydrogens (tertiary/aromatic N) is 2. The fourth-order valence-electron chi connectivity index (χ4n) is 1.89. The van der Waals surface area contributed by atoms with Crippen LogP contribution < -0.4 is 4.72 Å². The van der Waals surface area contributed by atoms with Crippen LogP contribution in [0.25, 0.3) is 0 Å². The summed E-state index contributed by atoms with van der Waals surface area (Å²) in [4.78, 5) is 0.191. The molecule has 2 heterocycles. The van der Waals surface area contributed by atoms with Gasteiger partial charge in [0.05, 0.1) is 6.20 Å². The third-order valence-corrected chi connectivity index (χ3v) is 5.66. The van der Waals surface area contributed by atoms with Crippen LogP contribution in [-0.2, 0) is 16.6 Å². The standard InChI is InChI=1S/C11H19N3O3S2/c15-4-1-3-14-8-11(7-12-14)19(16,17)13-6-10-2-5-18-9-10/h7-8,10,13,15H,1-6,9H2. The van der Waals surface area contributed by atoms with Crippen molar-refractivity contribution in [2.24, 2.45) is 5.92 Å². The Bertz CT molecular complexity index is 495. The number of thioether (sulfide) groups is 1. The van der Waals surface area contributed by atoms with Crippen molar-refractivity contribution in [3.8, 4) is 0 Å². The molecule has 19 heavy (non-hydrogen) atoms. The van der Waals surface area contributed by atoms with Gasteiger partial charge in [-0.2, -0.15) is 16.9 Å². The Morgan fingerprint density at radius 3 is 3.11 bits per heavy atom. The molecule has 1 aromatic rings. The van der Waals surface area contributed by atoms with Gasteiger partial charge in [-0.25, -0.2) is 13.1 Å². The molecule has 0 bridgehead atoms. The van der Waals surface area contributed by atoms with Gasteiger partial charge in [0.2, 0.25) is 10.0 Å². The van der Waals surface area contributed by atoms with Gasteiger partial charge < -0.3 is 5.11 Å². The number of nitrogens with one attached hydrogen (secondary N) is 1. The van der Waals surface area contributed by atoms with E-state index in [0.29, 0.717) is 25.4 Å². The van der Waals surface area contributed by atoms with Gasteiger partial charge in [-0.3, -0.25) is 4.68 Å². The van der Waals surface area contributed by atoms with E-state index >= 15 is 0 Å². The van der Waals surface area contributed by atoms with E-state index in [2.05, 4.69) is 9.82 Å². The number of sulfonamides is 1. The molecule has 0 amide bonds. The molecule has 1 aromatic heterocycles. The third-order valence-electron chi connectivity index (χ3n) is 3.05. The quantitative estimate of drug-likeness (QED) is 0.757. The van der Waals surface area contributed by atoms with Crippen LogP contribution in [-0.4, -0.2) is 48.0 Å². The number of hydrogen-bond acceptors (Lipinski definition) is 5. The van der Waals surface area contributed by atoms with Crippen LogP contribution >= 0.6 is 11.8 Å². The predicted octanol–water partition coefficient (Wildman–Crippen LogP) is 0.297. The van der Waals surface area contributed by atoms with Gasteiger partial charge >= 0.3 is 0 Å². The van der Waals surface area contributed by atoms with E-state index in [0.717, 1.165) is 17.9 Å². The van der Waals surface area contributed by atoms with Crippen molar-refractivity contribution in [1.82, 2.24) is 14.5 Å². The second kappa shape index (κ2) is 6.74. The summed E-state index contributed by atoms with van der Waals surface area (Å²) in [7, 11) is -3.46. The largest absolute Gasteiger partial charge is 0.396 e. The van der Waals surface area contributed by atoms with Crippen molar-refractivity contribution in [2.75, 3.05) is 24.7 Å². The minimum absolute atomic E-state index is 0.0690. The topological polar surface area (TPSA) is 84.2 Å². The number of aliphatic hydroxyl groups is 1. The van der Waals surface area contributed by atoms with Crippen LogP contribution in [0.1, 0.15) is 12.8 Å². The molecule has 1 atom stereocenters. The molecule has 0 aromatic carbocycles. The highest BCUT2D eigenvalue weighted by Crippen LogP contribution is 2.23. The molecule has 6 nitrogen and oxygen atoms in total. The summed E-state index contributed by atoms with van der Waals surface area (Å²) >= 11 is 1.87. The van der Waals surface area contributed by atoms with E-state index in [4.69, 9.17) is 5.11 Å².